The molecule has 0 saturated carbocycles. The summed E-state index contributed by atoms with van der Waals surface area (Å²) in [4.78, 5) is 37.7. The van der Waals surface area contributed by atoms with Crippen LogP contribution in [-0.4, -0.2) is 70.0 Å². The molecule has 0 heterocycles. The van der Waals surface area contributed by atoms with E-state index in [4.69, 9.17) is 18.5 Å². The number of likely N-dealkylation sites (N-methyl/N-ethyl adjacent to an activating group) is 1. The minimum absolute atomic E-state index is 0.0478. The minimum Gasteiger partial charge on any atom is -0.756 e. The van der Waals surface area contributed by atoms with Gasteiger partial charge in [-0.15, -0.1) is 0 Å². The van der Waals surface area contributed by atoms with Crippen molar-refractivity contribution in [3.63, 3.8) is 0 Å². The molecule has 0 aromatic heterocycles. The van der Waals surface area contributed by atoms with E-state index in [0.717, 1.165) is 89.9 Å². The highest BCUT2D eigenvalue weighted by molar-refractivity contribution is 7.45. The van der Waals surface area contributed by atoms with E-state index in [9.17, 15) is 19.0 Å². The van der Waals surface area contributed by atoms with Crippen molar-refractivity contribution in [3.8, 4) is 0 Å². The zero-order valence-corrected chi connectivity index (χ0v) is 47.0. The lowest BCUT2D eigenvalue weighted by atomic mass is 10.0. The van der Waals surface area contributed by atoms with Gasteiger partial charge < -0.3 is 27.9 Å². The molecule has 0 aromatic carbocycles. The molecule has 10 heteroatoms. The lowest BCUT2D eigenvalue weighted by Gasteiger charge is -2.28. The van der Waals surface area contributed by atoms with Gasteiger partial charge in [-0.1, -0.05) is 218 Å². The summed E-state index contributed by atoms with van der Waals surface area (Å²) in [6.07, 6.45) is 75.3. The van der Waals surface area contributed by atoms with E-state index >= 15 is 0 Å². The van der Waals surface area contributed by atoms with Crippen LogP contribution in [0.15, 0.2) is 134 Å². The number of nitrogens with zero attached hydrogens (tertiary/aromatic N) is 1. The number of quaternary nitrogens is 1. The van der Waals surface area contributed by atoms with Crippen LogP contribution in [0.2, 0.25) is 0 Å². The van der Waals surface area contributed by atoms with E-state index in [2.05, 4.69) is 135 Å². The number of phosphoric ester groups is 1. The number of esters is 2. The Balaban J connectivity index is 4.13. The average Bonchev–Trinajstić information content (AvgIpc) is 3.34. The van der Waals surface area contributed by atoms with Gasteiger partial charge in [0, 0.05) is 12.8 Å². The zero-order chi connectivity index (χ0) is 52.7. The normalized spacial score (nSPS) is 14.4. The van der Waals surface area contributed by atoms with Crippen LogP contribution < -0.4 is 4.89 Å². The number of hydrogen-bond acceptors (Lipinski definition) is 8. The van der Waals surface area contributed by atoms with Crippen LogP contribution in [0.5, 0.6) is 0 Å². The summed E-state index contributed by atoms with van der Waals surface area (Å²) in [6.45, 7) is 3.89. The molecule has 2 atom stereocenters. The number of carbonyl (C=O) groups is 2. The summed E-state index contributed by atoms with van der Waals surface area (Å²) >= 11 is 0. The molecule has 0 aliphatic heterocycles. The van der Waals surface area contributed by atoms with Crippen molar-refractivity contribution < 1.29 is 42.1 Å². The smallest absolute Gasteiger partial charge is 0.306 e. The molecule has 0 N–H and O–H groups in total. The van der Waals surface area contributed by atoms with E-state index in [0.29, 0.717) is 23.9 Å². The highest BCUT2D eigenvalue weighted by Gasteiger charge is 2.21. The number of allylic oxidation sites excluding steroid dienone is 22. The number of unbranched alkanes of at least 4 members (excludes halogenated alkanes) is 13. The molecule has 408 valence electrons. The quantitative estimate of drug-likeness (QED) is 0.0195. The molecule has 0 fully saturated rings. The lowest BCUT2D eigenvalue weighted by molar-refractivity contribution is -0.870. The molecule has 0 amide bonds. The van der Waals surface area contributed by atoms with Gasteiger partial charge in [0.05, 0.1) is 27.7 Å². The second-order valence-electron chi connectivity index (χ2n) is 19.2. The molecule has 0 rings (SSSR count). The van der Waals surface area contributed by atoms with E-state index in [-0.39, 0.29) is 26.1 Å². The van der Waals surface area contributed by atoms with Crippen molar-refractivity contribution in [3.05, 3.63) is 134 Å². The summed E-state index contributed by atoms with van der Waals surface area (Å²) in [5.41, 5.74) is 0. The summed E-state index contributed by atoms with van der Waals surface area (Å²) < 4.78 is 33.9. The number of hydrogen-bond donors (Lipinski definition) is 0. The molecular weight excluding hydrogens is 918 g/mol. The Bertz CT molecular complexity index is 1670. The van der Waals surface area contributed by atoms with Gasteiger partial charge in [0.15, 0.2) is 6.10 Å². The van der Waals surface area contributed by atoms with E-state index < -0.39 is 32.5 Å². The molecule has 0 saturated heterocycles. The van der Waals surface area contributed by atoms with Crippen molar-refractivity contribution in [1.82, 2.24) is 0 Å². The average molecular weight is 1020 g/mol. The topological polar surface area (TPSA) is 111 Å². The molecule has 72 heavy (non-hydrogen) atoms. The van der Waals surface area contributed by atoms with Crippen LogP contribution in [0.25, 0.3) is 0 Å². The molecule has 0 aliphatic carbocycles. The van der Waals surface area contributed by atoms with Crippen LogP contribution in [0, 0.1) is 0 Å². The van der Waals surface area contributed by atoms with Crippen LogP contribution in [0.3, 0.4) is 0 Å². The van der Waals surface area contributed by atoms with Gasteiger partial charge in [-0.2, -0.15) is 0 Å². The first-order valence-electron chi connectivity index (χ1n) is 27.9. The molecular formula is C62H102NO8P. The number of rotatable bonds is 49. The van der Waals surface area contributed by atoms with Crippen molar-refractivity contribution in [1.29, 1.82) is 0 Å². The summed E-state index contributed by atoms with van der Waals surface area (Å²) in [6, 6.07) is 0. The molecule has 0 aromatic rings. The maximum Gasteiger partial charge on any atom is 0.306 e. The Morgan fingerprint density at radius 2 is 0.778 bits per heavy atom. The molecule has 0 spiro atoms. The van der Waals surface area contributed by atoms with Crippen molar-refractivity contribution in [2.24, 2.45) is 0 Å². The maximum atomic E-state index is 12.8. The molecule has 0 radical (unpaired) electrons. The van der Waals surface area contributed by atoms with Gasteiger partial charge in [-0.3, -0.25) is 14.2 Å². The van der Waals surface area contributed by atoms with E-state index in [1.165, 1.54) is 64.2 Å². The molecule has 9 nitrogen and oxygen atoms in total. The second kappa shape index (κ2) is 52.0. The fourth-order valence-corrected chi connectivity index (χ4v) is 7.67. The van der Waals surface area contributed by atoms with Gasteiger partial charge >= 0.3 is 11.9 Å². The van der Waals surface area contributed by atoms with Crippen molar-refractivity contribution in [2.75, 3.05) is 47.5 Å². The third-order valence-corrected chi connectivity index (χ3v) is 12.1. The fraction of sp³-hybridized carbons (Fsp3) is 0.613. The van der Waals surface area contributed by atoms with Crippen molar-refractivity contribution >= 4 is 19.8 Å². The van der Waals surface area contributed by atoms with Gasteiger partial charge in [-0.25, -0.2) is 0 Å². The molecule has 0 aliphatic rings. The number of carbonyl (C=O) groups excluding carboxylic acids is 2. The van der Waals surface area contributed by atoms with Crippen LogP contribution in [0.1, 0.15) is 194 Å². The Morgan fingerprint density at radius 3 is 1.17 bits per heavy atom. The standard InChI is InChI=1S/C62H102NO8P/c1-6-8-10-12-14-16-18-20-21-22-23-24-25-26-27-28-29-30-31-32-33-34-35-36-37-38-39-40-41-43-45-47-49-51-53-55-62(65)71-60(59-70-72(66,67)69-57-56-63(3,4)5)58-68-61(64)54-52-50-48-46-44-42-19-17-15-13-11-9-7-2/h8-11,14-17,20-21,23-24,26-27,29-30,32-33,42,44,48,50,60H,6-7,12-13,18-19,22,25,28,31,34-41,43,45-47,49,51-59H2,1-5H3/b10-8-,11-9-,16-14-,17-15-,21-20-,24-23-,27-26-,30-29-,33-32-,44-42-,50-48-. The maximum absolute atomic E-state index is 12.8. The lowest BCUT2D eigenvalue weighted by Crippen LogP contribution is -2.37. The number of phosphoric acid groups is 1. The van der Waals surface area contributed by atoms with Gasteiger partial charge in [0.1, 0.15) is 19.8 Å². The molecule has 2 unspecified atom stereocenters. The minimum atomic E-state index is -4.65. The van der Waals surface area contributed by atoms with Gasteiger partial charge in [0.2, 0.25) is 0 Å². The number of ether oxygens (including phenoxy) is 2. The second-order valence-corrected chi connectivity index (χ2v) is 20.6. The van der Waals surface area contributed by atoms with Crippen LogP contribution in [0.4, 0.5) is 0 Å². The summed E-state index contributed by atoms with van der Waals surface area (Å²) in [5.74, 6) is -0.939. The summed E-state index contributed by atoms with van der Waals surface area (Å²) in [5, 5.41) is 0. The highest BCUT2D eigenvalue weighted by atomic mass is 31.2. The molecule has 0 bridgehead atoms. The highest BCUT2D eigenvalue weighted by Crippen LogP contribution is 2.38. The Morgan fingerprint density at radius 1 is 0.431 bits per heavy atom. The fourth-order valence-electron chi connectivity index (χ4n) is 6.94. The van der Waals surface area contributed by atoms with Crippen LogP contribution >= 0.6 is 7.82 Å². The third-order valence-electron chi connectivity index (χ3n) is 11.2. The van der Waals surface area contributed by atoms with Gasteiger partial charge in [0.25, 0.3) is 7.82 Å². The first-order valence-corrected chi connectivity index (χ1v) is 29.4. The Labute approximate surface area is 441 Å². The Hall–Kier alpha value is -3.85. The largest absolute Gasteiger partial charge is 0.756 e. The Kier molecular flexibility index (Phi) is 49.2. The first kappa shape index (κ1) is 68.2. The predicted molar refractivity (Wildman–Crippen MR) is 304 cm³/mol. The van der Waals surface area contributed by atoms with Gasteiger partial charge in [-0.05, 0) is 96.3 Å². The SMILES string of the molecule is CC/C=C\C/C=C\C/C=C\C/C=C\C/C=C\C/C=C\C/C=C\CCCCCCCCCCCCCCCC(=O)OC(COC(=O)CC/C=C\C/C=C\C/C=C\C/C=C\CC)COP(=O)([O-])OCC[N+](C)(C)C. The van der Waals surface area contributed by atoms with E-state index in [1.807, 2.05) is 33.3 Å². The third kappa shape index (κ3) is 55.5. The monoisotopic (exact) mass is 1020 g/mol. The summed E-state index contributed by atoms with van der Waals surface area (Å²) in [7, 11) is 1.11. The van der Waals surface area contributed by atoms with Crippen molar-refractivity contribution in [2.45, 2.75) is 200 Å². The van der Waals surface area contributed by atoms with Crippen LogP contribution in [-0.2, 0) is 32.7 Å². The zero-order valence-electron chi connectivity index (χ0n) is 46.1. The first-order chi connectivity index (χ1) is 35.0. The predicted octanol–water partition coefficient (Wildman–Crippen LogP) is 16.7. The van der Waals surface area contributed by atoms with E-state index in [1.54, 1.807) is 0 Å².